The van der Waals surface area contributed by atoms with Crippen LogP contribution in [0.25, 0.3) is 5.70 Å². The Kier molecular flexibility index (Phi) is 8.18. The summed E-state index contributed by atoms with van der Waals surface area (Å²) < 4.78 is 17.3. The SMILES string of the molecule is C[Si](C)(C)CCOCN/C(=C\C=N)c1ccc(Oc2ccc3c(c2)OCC3CC=O)nc1. The highest BCUT2D eigenvalue weighted by atomic mass is 28.3. The number of rotatable bonds is 12. The van der Waals surface area contributed by atoms with Crippen molar-refractivity contribution in [3.63, 3.8) is 0 Å². The van der Waals surface area contributed by atoms with Crippen molar-refractivity contribution in [2.45, 2.75) is 38.0 Å². The highest BCUT2D eigenvalue weighted by Gasteiger charge is 2.24. The van der Waals surface area contributed by atoms with E-state index in [1.807, 2.05) is 24.3 Å². The van der Waals surface area contributed by atoms with Crippen LogP contribution in [0.3, 0.4) is 0 Å². The molecule has 0 radical (unpaired) electrons. The first kappa shape index (κ1) is 23.7. The summed E-state index contributed by atoms with van der Waals surface area (Å²) in [5.74, 6) is 1.94. The lowest BCUT2D eigenvalue weighted by Gasteiger charge is -2.16. The summed E-state index contributed by atoms with van der Waals surface area (Å²) in [7, 11) is -1.11. The number of aldehydes is 1. The van der Waals surface area contributed by atoms with Crippen LogP contribution in [0.5, 0.6) is 17.4 Å². The Labute approximate surface area is 190 Å². The van der Waals surface area contributed by atoms with Gasteiger partial charge < -0.3 is 29.7 Å². The predicted octanol–water partition coefficient (Wildman–Crippen LogP) is 4.83. The van der Waals surface area contributed by atoms with Crippen molar-refractivity contribution in [2.24, 2.45) is 0 Å². The summed E-state index contributed by atoms with van der Waals surface area (Å²) in [6.45, 7) is 8.58. The average Bonchev–Trinajstić information content (AvgIpc) is 3.15. The van der Waals surface area contributed by atoms with Crippen LogP contribution < -0.4 is 14.8 Å². The molecule has 1 unspecified atom stereocenters. The monoisotopic (exact) mass is 453 g/mol. The smallest absolute Gasteiger partial charge is 0.219 e. The number of ether oxygens (including phenoxy) is 3. The van der Waals surface area contributed by atoms with Gasteiger partial charge in [-0.15, -0.1) is 0 Å². The molecular formula is C24H31N3O4Si. The molecule has 170 valence electrons. The number of aromatic nitrogens is 1. The largest absolute Gasteiger partial charge is 0.492 e. The molecule has 1 aromatic heterocycles. The van der Waals surface area contributed by atoms with Gasteiger partial charge in [-0.1, -0.05) is 25.7 Å². The van der Waals surface area contributed by atoms with Gasteiger partial charge in [-0.05, 0) is 24.3 Å². The Morgan fingerprint density at radius 1 is 1.31 bits per heavy atom. The van der Waals surface area contributed by atoms with Crippen molar-refractivity contribution in [3.8, 4) is 17.4 Å². The first-order valence-electron chi connectivity index (χ1n) is 10.8. The highest BCUT2D eigenvalue weighted by molar-refractivity contribution is 6.76. The zero-order valence-electron chi connectivity index (χ0n) is 18.9. The number of carbonyl (C=O) groups excluding carboxylic acids is 1. The second-order valence-corrected chi connectivity index (χ2v) is 14.5. The van der Waals surface area contributed by atoms with E-state index < -0.39 is 8.07 Å². The van der Waals surface area contributed by atoms with Crippen molar-refractivity contribution >= 4 is 26.3 Å². The third-order valence-electron chi connectivity index (χ3n) is 5.13. The summed E-state index contributed by atoms with van der Waals surface area (Å²) in [6.07, 6.45) is 5.99. The van der Waals surface area contributed by atoms with E-state index >= 15 is 0 Å². The fourth-order valence-corrected chi connectivity index (χ4v) is 4.03. The van der Waals surface area contributed by atoms with E-state index in [0.717, 1.165) is 41.5 Å². The van der Waals surface area contributed by atoms with Gasteiger partial charge in [0.2, 0.25) is 5.88 Å². The van der Waals surface area contributed by atoms with Crippen molar-refractivity contribution in [1.29, 1.82) is 5.41 Å². The normalized spacial score (nSPS) is 15.6. The first-order chi connectivity index (χ1) is 15.4. The van der Waals surface area contributed by atoms with Gasteiger partial charge in [0.05, 0.1) is 6.61 Å². The Morgan fingerprint density at radius 3 is 2.84 bits per heavy atom. The molecule has 32 heavy (non-hydrogen) atoms. The van der Waals surface area contributed by atoms with Gasteiger partial charge in [0, 0.05) is 68.4 Å². The molecule has 0 fully saturated rings. The number of allylic oxidation sites excluding steroid dienone is 1. The lowest BCUT2D eigenvalue weighted by Crippen LogP contribution is -2.24. The van der Waals surface area contributed by atoms with Crippen molar-refractivity contribution in [2.75, 3.05) is 19.9 Å². The van der Waals surface area contributed by atoms with E-state index in [-0.39, 0.29) is 5.92 Å². The van der Waals surface area contributed by atoms with Crippen molar-refractivity contribution in [1.82, 2.24) is 10.3 Å². The number of hydrogen-bond acceptors (Lipinski definition) is 7. The van der Waals surface area contributed by atoms with E-state index in [0.29, 0.717) is 31.4 Å². The molecule has 0 spiro atoms. The quantitative estimate of drug-likeness (QED) is 0.157. The standard InChI is InChI=1S/C24H31N3O4Si/c1-32(2,3)13-12-29-17-27-22(8-10-25)18-4-7-24(26-15-18)31-20-5-6-21-19(9-11-28)16-30-23(21)14-20/h4-8,10-11,14-15,19,25,27H,9,12-13,16-17H2,1-3H3/b22-8-,25-10?. The number of hydrogen-bond donors (Lipinski definition) is 2. The van der Waals surface area contributed by atoms with E-state index in [4.69, 9.17) is 19.6 Å². The Hall–Kier alpha value is -2.97. The fourth-order valence-electron chi connectivity index (χ4n) is 3.27. The lowest BCUT2D eigenvalue weighted by molar-refractivity contribution is -0.108. The van der Waals surface area contributed by atoms with Crippen molar-refractivity contribution < 1.29 is 19.0 Å². The molecule has 2 N–H and O–H groups in total. The molecule has 0 amide bonds. The van der Waals surface area contributed by atoms with Crippen LogP contribution in [0.1, 0.15) is 23.5 Å². The molecule has 0 aliphatic carbocycles. The molecule has 1 aromatic carbocycles. The maximum atomic E-state index is 10.8. The zero-order chi connectivity index (χ0) is 23.0. The maximum Gasteiger partial charge on any atom is 0.219 e. The van der Waals surface area contributed by atoms with E-state index in [2.05, 4.69) is 29.9 Å². The third-order valence-corrected chi connectivity index (χ3v) is 6.83. The molecule has 8 heteroatoms. The van der Waals surface area contributed by atoms with Crippen LogP contribution in [0.2, 0.25) is 25.7 Å². The predicted molar refractivity (Wildman–Crippen MR) is 129 cm³/mol. The second kappa shape index (κ2) is 11.1. The molecule has 2 heterocycles. The van der Waals surface area contributed by atoms with Gasteiger partial charge in [0.1, 0.15) is 24.5 Å². The molecule has 0 saturated carbocycles. The molecule has 1 atom stereocenters. The molecule has 7 nitrogen and oxygen atoms in total. The van der Waals surface area contributed by atoms with E-state index in [1.54, 1.807) is 18.3 Å². The Morgan fingerprint density at radius 2 is 2.16 bits per heavy atom. The number of nitrogens with one attached hydrogen (secondary N) is 2. The van der Waals surface area contributed by atoms with Gasteiger partial charge in [0.25, 0.3) is 0 Å². The third kappa shape index (κ3) is 6.76. The van der Waals surface area contributed by atoms with E-state index in [1.165, 1.54) is 6.21 Å². The van der Waals surface area contributed by atoms with Crippen LogP contribution in [-0.2, 0) is 9.53 Å². The average molecular weight is 454 g/mol. The van der Waals surface area contributed by atoms with Gasteiger partial charge in [0.15, 0.2) is 0 Å². The number of nitrogens with zero attached hydrogens (tertiary/aromatic N) is 1. The van der Waals surface area contributed by atoms with Crippen LogP contribution in [0.15, 0.2) is 42.6 Å². The molecular weight excluding hydrogens is 422 g/mol. The zero-order valence-corrected chi connectivity index (χ0v) is 19.9. The van der Waals surface area contributed by atoms with Crippen LogP contribution in [0.4, 0.5) is 0 Å². The number of fused-ring (bicyclic) bond motifs is 1. The summed E-state index contributed by atoms with van der Waals surface area (Å²) in [5, 5.41) is 10.6. The molecule has 2 aromatic rings. The van der Waals surface area contributed by atoms with Gasteiger partial charge in [-0.2, -0.15) is 0 Å². The van der Waals surface area contributed by atoms with Gasteiger partial charge in [-0.3, -0.25) is 0 Å². The van der Waals surface area contributed by atoms with E-state index in [9.17, 15) is 4.79 Å². The minimum absolute atomic E-state index is 0.111. The number of carbonyl (C=O) groups is 1. The number of pyridine rings is 1. The number of benzene rings is 1. The maximum absolute atomic E-state index is 10.8. The minimum Gasteiger partial charge on any atom is -0.492 e. The minimum atomic E-state index is -1.11. The molecule has 1 aliphatic heterocycles. The molecule has 0 saturated heterocycles. The van der Waals surface area contributed by atoms with Crippen molar-refractivity contribution in [3.05, 3.63) is 53.7 Å². The van der Waals surface area contributed by atoms with Crippen LogP contribution in [0, 0.1) is 5.41 Å². The van der Waals surface area contributed by atoms with Gasteiger partial charge in [-0.25, -0.2) is 4.98 Å². The van der Waals surface area contributed by atoms with Crippen LogP contribution >= 0.6 is 0 Å². The molecule has 1 aliphatic rings. The highest BCUT2D eigenvalue weighted by Crippen LogP contribution is 2.38. The Balaban J connectivity index is 1.58. The fraction of sp³-hybridized carbons (Fsp3) is 0.375. The summed E-state index contributed by atoms with van der Waals surface area (Å²) in [6, 6.07) is 10.4. The first-order valence-corrected chi connectivity index (χ1v) is 14.5. The summed E-state index contributed by atoms with van der Waals surface area (Å²) in [4.78, 5) is 15.2. The van der Waals surface area contributed by atoms with Crippen LogP contribution in [-0.4, -0.2) is 45.5 Å². The summed E-state index contributed by atoms with van der Waals surface area (Å²) in [5.41, 5.74) is 2.63. The van der Waals surface area contributed by atoms with Gasteiger partial charge >= 0.3 is 0 Å². The molecule has 3 rings (SSSR count). The lowest BCUT2D eigenvalue weighted by atomic mass is 9.99. The second-order valence-electron chi connectivity index (χ2n) is 8.88. The topological polar surface area (TPSA) is 93.5 Å². The summed E-state index contributed by atoms with van der Waals surface area (Å²) >= 11 is 0. The molecule has 0 bridgehead atoms. The Bertz CT molecular complexity index is 955.